The number of unbranched alkanes of at least 4 members (excludes halogenated alkanes) is 6. The monoisotopic (exact) mass is 460 g/mol. The molecule has 0 unspecified atom stereocenters. The minimum Gasteiger partial charge on any atom is -0.444 e. The highest BCUT2D eigenvalue weighted by Crippen LogP contribution is 2.09. The van der Waals surface area contributed by atoms with Crippen molar-refractivity contribution in [3.63, 3.8) is 0 Å². The molecule has 0 radical (unpaired) electrons. The topological polar surface area (TPSA) is 84.9 Å². The van der Waals surface area contributed by atoms with Gasteiger partial charge in [0.1, 0.15) is 5.60 Å². The minimum absolute atomic E-state index is 0.316. The predicted molar refractivity (Wildman–Crippen MR) is 130 cm³/mol. The lowest BCUT2D eigenvalue weighted by Crippen LogP contribution is -2.33. The minimum atomic E-state index is -0.551. The van der Waals surface area contributed by atoms with Crippen LogP contribution >= 0.6 is 0 Å². The van der Waals surface area contributed by atoms with Crippen molar-refractivity contribution in [3.05, 3.63) is 48.0 Å². The van der Waals surface area contributed by atoms with Gasteiger partial charge in [-0.25, -0.2) is 9.59 Å². The van der Waals surface area contributed by atoms with Crippen LogP contribution < -0.4 is 5.32 Å². The van der Waals surface area contributed by atoms with E-state index in [9.17, 15) is 14.4 Å². The molecule has 0 atom stereocenters. The number of carbonyl (C=O) groups excluding carboxylic acids is 3. The van der Waals surface area contributed by atoms with E-state index >= 15 is 0 Å². The molecule has 0 heterocycles. The number of amides is 2. The van der Waals surface area contributed by atoms with E-state index in [1.807, 2.05) is 32.9 Å². The number of nitrogens with zero attached hydrogens (tertiary/aromatic N) is 1. The molecule has 0 spiro atoms. The molecular formula is C26H40N2O5. The molecule has 0 aliphatic rings. The van der Waals surface area contributed by atoms with Gasteiger partial charge in [0.25, 0.3) is 5.91 Å². The van der Waals surface area contributed by atoms with Gasteiger partial charge in [-0.3, -0.25) is 4.79 Å². The molecule has 0 aromatic heterocycles. The van der Waals surface area contributed by atoms with Crippen molar-refractivity contribution >= 4 is 18.0 Å². The Labute approximate surface area is 198 Å². The van der Waals surface area contributed by atoms with E-state index in [1.165, 1.54) is 6.08 Å². The third-order valence-corrected chi connectivity index (χ3v) is 4.64. The van der Waals surface area contributed by atoms with Gasteiger partial charge in [-0.1, -0.05) is 56.9 Å². The Hall–Kier alpha value is -2.83. The number of carbonyl (C=O) groups is 3. The number of hydrogen-bond acceptors (Lipinski definition) is 5. The number of alkyl carbamates (subject to hydrolysis) is 1. The van der Waals surface area contributed by atoms with E-state index in [0.29, 0.717) is 25.1 Å². The van der Waals surface area contributed by atoms with Crippen LogP contribution in [0, 0.1) is 0 Å². The molecular weight excluding hydrogens is 420 g/mol. The fourth-order valence-electron chi connectivity index (χ4n) is 2.95. The molecule has 1 aromatic carbocycles. The van der Waals surface area contributed by atoms with Crippen LogP contribution in [0.25, 0.3) is 0 Å². The molecule has 2 amide bonds. The number of allylic oxidation sites excluding steroid dienone is 1. The van der Waals surface area contributed by atoms with Crippen molar-refractivity contribution in [2.45, 2.75) is 84.7 Å². The second-order valence-electron chi connectivity index (χ2n) is 8.93. The molecule has 0 bridgehead atoms. The average molecular weight is 461 g/mol. The first-order valence-corrected chi connectivity index (χ1v) is 11.9. The van der Waals surface area contributed by atoms with Gasteiger partial charge in [0, 0.05) is 12.6 Å². The first-order chi connectivity index (χ1) is 15.7. The molecule has 0 aliphatic heterocycles. The maximum atomic E-state index is 12.6. The van der Waals surface area contributed by atoms with Crippen LogP contribution in [0.15, 0.2) is 42.5 Å². The third-order valence-electron chi connectivity index (χ3n) is 4.64. The molecule has 1 N–H and O–H groups in total. The fourth-order valence-corrected chi connectivity index (χ4v) is 2.95. The van der Waals surface area contributed by atoms with Gasteiger partial charge in [0.2, 0.25) is 0 Å². The molecule has 1 rings (SSSR count). The normalized spacial score (nSPS) is 11.3. The molecule has 0 aliphatic carbocycles. The van der Waals surface area contributed by atoms with Gasteiger partial charge in [-0.2, -0.15) is 5.06 Å². The number of benzene rings is 1. The van der Waals surface area contributed by atoms with Gasteiger partial charge in [0.15, 0.2) is 0 Å². The predicted octanol–water partition coefficient (Wildman–Crippen LogP) is 5.81. The highest BCUT2D eigenvalue weighted by Gasteiger charge is 2.18. The van der Waals surface area contributed by atoms with E-state index in [2.05, 4.69) is 12.2 Å². The first-order valence-electron chi connectivity index (χ1n) is 11.9. The van der Waals surface area contributed by atoms with Crippen molar-refractivity contribution in [1.82, 2.24) is 10.4 Å². The summed E-state index contributed by atoms with van der Waals surface area (Å²) >= 11 is 0. The van der Waals surface area contributed by atoms with Crippen LogP contribution in [0.4, 0.5) is 4.79 Å². The average Bonchev–Trinajstić information content (AvgIpc) is 2.76. The van der Waals surface area contributed by atoms with Crippen LogP contribution in [0.5, 0.6) is 0 Å². The second kappa shape index (κ2) is 15.9. The Kier molecular flexibility index (Phi) is 13.6. The molecule has 7 nitrogen and oxygen atoms in total. The molecule has 0 saturated carbocycles. The van der Waals surface area contributed by atoms with Crippen molar-refractivity contribution in [1.29, 1.82) is 0 Å². The highest BCUT2D eigenvalue weighted by atomic mass is 16.7. The fraction of sp³-hybridized carbons (Fsp3) is 0.577. The van der Waals surface area contributed by atoms with Gasteiger partial charge in [-0.15, -0.1) is 0 Å². The van der Waals surface area contributed by atoms with Gasteiger partial charge in [-0.05, 0) is 58.6 Å². The summed E-state index contributed by atoms with van der Waals surface area (Å²) in [5.74, 6) is -0.882. The van der Waals surface area contributed by atoms with E-state index in [4.69, 9.17) is 9.57 Å². The summed E-state index contributed by atoms with van der Waals surface area (Å²) in [6.45, 7) is 8.45. The van der Waals surface area contributed by atoms with E-state index in [1.54, 1.807) is 24.3 Å². The number of hydrogen-bond donors (Lipinski definition) is 1. The third kappa shape index (κ3) is 14.0. The summed E-state index contributed by atoms with van der Waals surface area (Å²) in [5.41, 5.74) is -0.114. The number of rotatable bonds is 13. The molecule has 7 heteroatoms. The number of nitrogens with one attached hydrogen (secondary N) is 1. The first kappa shape index (κ1) is 28.2. The molecule has 1 aromatic rings. The lowest BCUT2D eigenvalue weighted by Gasteiger charge is -2.20. The summed E-state index contributed by atoms with van der Waals surface area (Å²) in [5, 5.41) is 3.88. The van der Waals surface area contributed by atoms with Crippen LogP contribution in [0.3, 0.4) is 0 Å². The Morgan fingerprint density at radius 3 is 2.33 bits per heavy atom. The summed E-state index contributed by atoms with van der Waals surface area (Å²) in [6, 6.07) is 8.63. The van der Waals surface area contributed by atoms with Gasteiger partial charge >= 0.3 is 12.1 Å². The van der Waals surface area contributed by atoms with Crippen LogP contribution in [0.1, 0.15) is 89.4 Å². The maximum absolute atomic E-state index is 12.6. The largest absolute Gasteiger partial charge is 0.444 e. The smallest absolute Gasteiger partial charge is 0.407 e. The lowest BCUT2D eigenvalue weighted by atomic mass is 10.2. The zero-order chi connectivity index (χ0) is 24.5. The SMILES string of the molecule is CCCCC/C=C/C(=O)N(CCCCCCNC(=O)OC(C)(C)C)OC(=O)c1ccccc1. The van der Waals surface area contributed by atoms with E-state index in [0.717, 1.165) is 50.0 Å². The summed E-state index contributed by atoms with van der Waals surface area (Å²) in [7, 11) is 0. The van der Waals surface area contributed by atoms with E-state index < -0.39 is 17.7 Å². The second-order valence-corrected chi connectivity index (χ2v) is 8.93. The van der Waals surface area contributed by atoms with Crippen molar-refractivity contribution in [2.24, 2.45) is 0 Å². The summed E-state index contributed by atoms with van der Waals surface area (Å²) < 4.78 is 5.20. The standard InChI is InChI=1S/C26H40N2O5/c1-5-6-7-8-14-19-23(29)28(33-24(30)22-17-12-11-13-18-22)21-16-10-9-15-20-27-25(31)32-26(2,3)4/h11-14,17-19H,5-10,15-16,20-21H2,1-4H3,(H,27,31)/b19-14+. The maximum Gasteiger partial charge on any atom is 0.407 e. The zero-order valence-electron chi connectivity index (χ0n) is 20.6. The Balaban J connectivity index is 2.46. The van der Waals surface area contributed by atoms with Crippen molar-refractivity contribution in [3.8, 4) is 0 Å². The van der Waals surface area contributed by atoms with Crippen LogP contribution in [-0.4, -0.2) is 41.7 Å². The van der Waals surface area contributed by atoms with E-state index in [-0.39, 0.29) is 5.91 Å². The molecule has 0 fully saturated rings. The Morgan fingerprint density at radius 2 is 1.67 bits per heavy atom. The van der Waals surface area contributed by atoms with Gasteiger partial charge < -0.3 is 14.9 Å². The van der Waals surface area contributed by atoms with Crippen molar-refractivity contribution < 1.29 is 24.0 Å². The molecule has 184 valence electrons. The molecule has 0 saturated heterocycles. The van der Waals surface area contributed by atoms with Gasteiger partial charge in [0.05, 0.1) is 12.1 Å². The molecule has 33 heavy (non-hydrogen) atoms. The summed E-state index contributed by atoms with van der Waals surface area (Å²) in [6.07, 6.45) is 10.2. The lowest BCUT2D eigenvalue weighted by molar-refractivity contribution is -0.161. The Bertz CT molecular complexity index is 741. The number of hydroxylamine groups is 2. The van der Waals surface area contributed by atoms with Crippen LogP contribution in [-0.2, 0) is 14.4 Å². The van der Waals surface area contributed by atoms with Crippen LogP contribution in [0.2, 0.25) is 0 Å². The number of ether oxygens (including phenoxy) is 1. The highest BCUT2D eigenvalue weighted by molar-refractivity contribution is 5.92. The quantitative estimate of drug-likeness (QED) is 0.228. The van der Waals surface area contributed by atoms with Crippen molar-refractivity contribution in [2.75, 3.05) is 13.1 Å². The zero-order valence-corrected chi connectivity index (χ0v) is 20.6. The summed E-state index contributed by atoms with van der Waals surface area (Å²) in [4.78, 5) is 42.1. The Morgan fingerprint density at radius 1 is 0.970 bits per heavy atom.